The Hall–Kier alpha value is -1.96. The number of benzene rings is 2. The van der Waals surface area contributed by atoms with Crippen molar-refractivity contribution in [2.24, 2.45) is 11.8 Å². The number of halogens is 1. The first-order chi connectivity index (χ1) is 13.9. The SMILES string of the molecule is CCOC(=O)[C@@H]1CN(Cc2ccccc2)C[C@H]1/C=C/S(=O)(=O)c1ccc(Br)cc1. The van der Waals surface area contributed by atoms with Crippen LogP contribution in [0.3, 0.4) is 0 Å². The molecule has 0 unspecified atom stereocenters. The summed E-state index contributed by atoms with van der Waals surface area (Å²) in [6, 6.07) is 16.5. The molecule has 0 aromatic heterocycles. The van der Waals surface area contributed by atoms with E-state index in [9.17, 15) is 13.2 Å². The molecule has 3 rings (SSSR count). The summed E-state index contributed by atoms with van der Waals surface area (Å²) in [7, 11) is -3.57. The average Bonchev–Trinajstić information content (AvgIpc) is 3.11. The molecule has 1 aliphatic rings. The maximum atomic E-state index is 12.6. The molecule has 5 nitrogen and oxygen atoms in total. The Balaban J connectivity index is 1.77. The van der Waals surface area contributed by atoms with Crippen LogP contribution < -0.4 is 0 Å². The molecule has 0 bridgehead atoms. The smallest absolute Gasteiger partial charge is 0.310 e. The molecular weight excluding hydrogens is 454 g/mol. The largest absolute Gasteiger partial charge is 0.466 e. The second kappa shape index (κ2) is 9.69. The van der Waals surface area contributed by atoms with Crippen molar-refractivity contribution in [3.8, 4) is 0 Å². The van der Waals surface area contributed by atoms with Gasteiger partial charge in [-0.3, -0.25) is 9.69 Å². The third kappa shape index (κ3) is 5.78. The highest BCUT2D eigenvalue weighted by atomic mass is 79.9. The van der Waals surface area contributed by atoms with Crippen LogP contribution in [-0.4, -0.2) is 39.0 Å². The fraction of sp³-hybridized carbons (Fsp3) is 0.318. The quantitative estimate of drug-likeness (QED) is 0.562. The number of sulfone groups is 1. The van der Waals surface area contributed by atoms with Crippen LogP contribution in [0.4, 0.5) is 0 Å². The minimum absolute atomic E-state index is 0.219. The van der Waals surface area contributed by atoms with Crippen LogP contribution in [0.25, 0.3) is 0 Å². The van der Waals surface area contributed by atoms with Crippen LogP contribution in [0.2, 0.25) is 0 Å². The predicted molar refractivity (Wildman–Crippen MR) is 116 cm³/mol. The Morgan fingerprint density at radius 3 is 2.48 bits per heavy atom. The normalized spacial score (nSPS) is 20.2. The summed E-state index contributed by atoms with van der Waals surface area (Å²) in [6.07, 6.45) is 1.64. The van der Waals surface area contributed by atoms with Crippen molar-refractivity contribution in [2.45, 2.75) is 18.4 Å². The number of nitrogens with zero attached hydrogens (tertiary/aromatic N) is 1. The van der Waals surface area contributed by atoms with E-state index in [1.165, 1.54) is 5.41 Å². The zero-order valence-corrected chi connectivity index (χ0v) is 18.6. The topological polar surface area (TPSA) is 63.7 Å². The van der Waals surface area contributed by atoms with Crippen molar-refractivity contribution in [3.05, 3.63) is 76.1 Å². The zero-order valence-electron chi connectivity index (χ0n) is 16.2. The first-order valence-corrected chi connectivity index (χ1v) is 11.8. The molecule has 1 fully saturated rings. The van der Waals surface area contributed by atoms with Gasteiger partial charge in [0.25, 0.3) is 0 Å². The molecular formula is C22H24BrNO4S. The van der Waals surface area contributed by atoms with Gasteiger partial charge in [-0.1, -0.05) is 52.3 Å². The lowest BCUT2D eigenvalue weighted by molar-refractivity contribution is -0.148. The molecule has 0 aliphatic carbocycles. The van der Waals surface area contributed by atoms with Crippen LogP contribution in [0.5, 0.6) is 0 Å². The molecule has 0 amide bonds. The summed E-state index contributed by atoms with van der Waals surface area (Å²) in [6.45, 7) is 3.94. The number of esters is 1. The van der Waals surface area contributed by atoms with Gasteiger partial charge in [-0.05, 0) is 36.8 Å². The van der Waals surface area contributed by atoms with Crippen molar-refractivity contribution in [2.75, 3.05) is 19.7 Å². The third-order valence-electron chi connectivity index (χ3n) is 4.93. The summed E-state index contributed by atoms with van der Waals surface area (Å²) in [5, 5.41) is 1.22. The molecule has 2 aromatic rings. The average molecular weight is 478 g/mol. The number of rotatable bonds is 7. The van der Waals surface area contributed by atoms with Crippen LogP contribution in [0.15, 0.2) is 75.4 Å². The van der Waals surface area contributed by atoms with Gasteiger partial charge in [0, 0.05) is 35.4 Å². The van der Waals surface area contributed by atoms with E-state index >= 15 is 0 Å². The van der Waals surface area contributed by atoms with E-state index in [0.29, 0.717) is 26.2 Å². The van der Waals surface area contributed by atoms with Gasteiger partial charge in [0.1, 0.15) is 0 Å². The Morgan fingerprint density at radius 2 is 1.83 bits per heavy atom. The Bertz CT molecular complexity index is 958. The lowest BCUT2D eigenvalue weighted by atomic mass is 9.96. The van der Waals surface area contributed by atoms with Gasteiger partial charge in [-0.15, -0.1) is 0 Å². The second-order valence-electron chi connectivity index (χ2n) is 7.03. The molecule has 0 N–H and O–H groups in total. The van der Waals surface area contributed by atoms with E-state index in [0.717, 1.165) is 10.0 Å². The maximum absolute atomic E-state index is 12.6. The van der Waals surface area contributed by atoms with Gasteiger partial charge >= 0.3 is 5.97 Å². The first-order valence-electron chi connectivity index (χ1n) is 9.51. The van der Waals surface area contributed by atoms with Crippen LogP contribution in [-0.2, 0) is 25.9 Å². The molecule has 2 atom stereocenters. The van der Waals surface area contributed by atoms with Crippen molar-refractivity contribution in [1.29, 1.82) is 0 Å². The second-order valence-corrected chi connectivity index (χ2v) is 9.78. The van der Waals surface area contributed by atoms with Crippen LogP contribution in [0.1, 0.15) is 12.5 Å². The predicted octanol–water partition coefficient (Wildman–Crippen LogP) is 4.05. The van der Waals surface area contributed by atoms with E-state index in [1.807, 2.05) is 30.3 Å². The van der Waals surface area contributed by atoms with Gasteiger partial charge in [0.15, 0.2) is 9.84 Å². The van der Waals surface area contributed by atoms with E-state index < -0.39 is 9.84 Å². The number of hydrogen-bond donors (Lipinski definition) is 0. The van der Waals surface area contributed by atoms with E-state index in [2.05, 4.69) is 20.8 Å². The summed E-state index contributed by atoms with van der Waals surface area (Å²) in [4.78, 5) is 14.8. The number of likely N-dealkylation sites (tertiary alicyclic amines) is 1. The van der Waals surface area contributed by atoms with Gasteiger partial charge in [0.05, 0.1) is 17.4 Å². The standard InChI is InChI=1S/C22H24BrNO4S/c1-2-28-22(25)21-16-24(14-17-6-4-3-5-7-17)15-18(21)12-13-29(26,27)20-10-8-19(23)9-11-20/h3-13,18,21H,2,14-16H2,1H3/b13-12+/t18-,21-/m1/s1. The Kier molecular flexibility index (Phi) is 7.27. The van der Waals surface area contributed by atoms with E-state index in [-0.39, 0.29) is 22.7 Å². The molecule has 0 spiro atoms. The van der Waals surface area contributed by atoms with Crippen molar-refractivity contribution >= 4 is 31.7 Å². The van der Waals surface area contributed by atoms with E-state index in [1.54, 1.807) is 37.3 Å². The highest BCUT2D eigenvalue weighted by Crippen LogP contribution is 2.28. The molecule has 0 saturated carbocycles. The minimum atomic E-state index is -3.57. The third-order valence-corrected chi connectivity index (χ3v) is 6.90. The molecule has 1 saturated heterocycles. The zero-order chi connectivity index (χ0) is 20.9. The number of carbonyl (C=O) groups excluding carboxylic acids is 1. The molecule has 154 valence electrons. The van der Waals surface area contributed by atoms with Crippen LogP contribution >= 0.6 is 15.9 Å². The van der Waals surface area contributed by atoms with Crippen molar-refractivity contribution in [3.63, 3.8) is 0 Å². The maximum Gasteiger partial charge on any atom is 0.310 e. The van der Waals surface area contributed by atoms with Crippen molar-refractivity contribution < 1.29 is 17.9 Å². The van der Waals surface area contributed by atoms with Crippen LogP contribution in [0, 0.1) is 11.8 Å². The number of carbonyl (C=O) groups is 1. The molecule has 29 heavy (non-hydrogen) atoms. The molecule has 1 aliphatic heterocycles. The molecule has 2 aromatic carbocycles. The summed E-state index contributed by atoms with van der Waals surface area (Å²) < 4.78 is 31.3. The first kappa shape index (κ1) is 21.7. The fourth-order valence-electron chi connectivity index (χ4n) is 3.48. The lowest BCUT2D eigenvalue weighted by Gasteiger charge is -2.15. The van der Waals surface area contributed by atoms with Gasteiger partial charge in [0.2, 0.25) is 0 Å². The summed E-state index contributed by atoms with van der Waals surface area (Å²) in [5.41, 5.74) is 1.15. The fourth-order valence-corrected chi connectivity index (χ4v) is 4.83. The highest BCUT2D eigenvalue weighted by molar-refractivity contribution is 9.10. The van der Waals surface area contributed by atoms with Gasteiger partial charge in [-0.2, -0.15) is 0 Å². The van der Waals surface area contributed by atoms with Gasteiger partial charge < -0.3 is 4.74 Å². The number of hydrogen-bond acceptors (Lipinski definition) is 5. The number of ether oxygens (including phenoxy) is 1. The minimum Gasteiger partial charge on any atom is -0.466 e. The van der Waals surface area contributed by atoms with Crippen molar-refractivity contribution in [1.82, 2.24) is 4.90 Å². The summed E-state index contributed by atoms with van der Waals surface area (Å²) in [5.74, 6) is -0.878. The lowest BCUT2D eigenvalue weighted by Crippen LogP contribution is -2.25. The Morgan fingerprint density at radius 1 is 1.14 bits per heavy atom. The monoisotopic (exact) mass is 477 g/mol. The highest BCUT2D eigenvalue weighted by Gasteiger charge is 2.37. The van der Waals surface area contributed by atoms with E-state index in [4.69, 9.17) is 4.74 Å². The Labute approximate surface area is 180 Å². The molecule has 0 radical (unpaired) electrons. The summed E-state index contributed by atoms with van der Waals surface area (Å²) >= 11 is 3.31. The van der Waals surface area contributed by atoms with Gasteiger partial charge in [-0.25, -0.2) is 8.42 Å². The molecule has 7 heteroatoms. The molecule has 1 heterocycles.